The van der Waals surface area contributed by atoms with Gasteiger partial charge in [0, 0.05) is 18.0 Å². The van der Waals surface area contributed by atoms with Crippen molar-refractivity contribution in [3.8, 4) is 0 Å². The number of anilines is 1. The van der Waals surface area contributed by atoms with Gasteiger partial charge < -0.3 is 16.4 Å². The molecular weight excluding hydrogens is 326 g/mol. The van der Waals surface area contributed by atoms with Gasteiger partial charge in [0.05, 0.1) is 11.3 Å². The van der Waals surface area contributed by atoms with Gasteiger partial charge in [0.25, 0.3) is 5.91 Å². The lowest BCUT2D eigenvalue weighted by molar-refractivity contribution is -0.118. The van der Waals surface area contributed by atoms with Crippen LogP contribution in [0.4, 0.5) is 5.69 Å². The van der Waals surface area contributed by atoms with Gasteiger partial charge in [-0.3, -0.25) is 9.59 Å². The molecule has 0 bridgehead atoms. The summed E-state index contributed by atoms with van der Waals surface area (Å²) in [5.74, 6) is -0.350. The van der Waals surface area contributed by atoms with Crippen LogP contribution in [0, 0.1) is 5.41 Å². The fourth-order valence-electron chi connectivity index (χ4n) is 3.36. The third-order valence-electron chi connectivity index (χ3n) is 4.72. The van der Waals surface area contributed by atoms with E-state index in [-0.39, 0.29) is 17.2 Å². The molecule has 1 aliphatic carbocycles. The maximum Gasteiger partial charge on any atom is 0.253 e. The molecular formula is C18H26ClN3O2. The summed E-state index contributed by atoms with van der Waals surface area (Å²) in [6, 6.07) is 4.90. The minimum Gasteiger partial charge on any atom is -0.352 e. The molecule has 0 spiro atoms. The standard InChI is InChI=1S/C18H26ClN3O2/c1-2-21-17(24)14-10-13(19)6-7-15(14)22-16(23)11-18(12-20)8-4-3-5-9-18/h6-7,10H,2-5,8-9,11-12,20H2,1H3,(H,21,24)(H,22,23). The molecule has 1 fully saturated rings. The molecule has 0 saturated heterocycles. The first-order chi connectivity index (χ1) is 11.5. The van der Waals surface area contributed by atoms with E-state index in [0.29, 0.717) is 35.8 Å². The largest absolute Gasteiger partial charge is 0.352 e. The first kappa shape index (κ1) is 18.7. The molecule has 0 aromatic heterocycles. The molecule has 132 valence electrons. The second-order valence-electron chi connectivity index (χ2n) is 6.54. The molecule has 4 N–H and O–H groups in total. The third kappa shape index (κ3) is 4.71. The Kier molecular flexibility index (Phi) is 6.63. The molecule has 24 heavy (non-hydrogen) atoms. The smallest absolute Gasteiger partial charge is 0.253 e. The van der Waals surface area contributed by atoms with Crippen molar-refractivity contribution in [1.29, 1.82) is 0 Å². The highest BCUT2D eigenvalue weighted by Gasteiger charge is 2.33. The van der Waals surface area contributed by atoms with Crippen molar-refractivity contribution in [3.63, 3.8) is 0 Å². The van der Waals surface area contributed by atoms with E-state index in [9.17, 15) is 9.59 Å². The Hall–Kier alpha value is -1.59. The Bertz CT molecular complexity index is 598. The Labute approximate surface area is 148 Å². The second-order valence-corrected chi connectivity index (χ2v) is 6.98. The zero-order valence-electron chi connectivity index (χ0n) is 14.2. The van der Waals surface area contributed by atoms with E-state index < -0.39 is 0 Å². The number of hydrogen-bond donors (Lipinski definition) is 3. The van der Waals surface area contributed by atoms with Crippen LogP contribution in [0.15, 0.2) is 18.2 Å². The number of amides is 2. The van der Waals surface area contributed by atoms with Crippen LogP contribution in [0.3, 0.4) is 0 Å². The lowest BCUT2D eigenvalue weighted by Crippen LogP contribution is -2.36. The molecule has 1 saturated carbocycles. The number of hydrogen-bond acceptors (Lipinski definition) is 3. The van der Waals surface area contributed by atoms with Crippen LogP contribution in [0.25, 0.3) is 0 Å². The zero-order chi connectivity index (χ0) is 17.6. The van der Waals surface area contributed by atoms with E-state index in [1.54, 1.807) is 18.2 Å². The number of carbonyl (C=O) groups is 2. The average molecular weight is 352 g/mol. The van der Waals surface area contributed by atoms with Crippen molar-refractivity contribution in [1.82, 2.24) is 5.32 Å². The summed E-state index contributed by atoms with van der Waals surface area (Å²) in [5, 5.41) is 6.06. The SMILES string of the molecule is CCNC(=O)c1cc(Cl)ccc1NC(=O)CC1(CN)CCCCC1. The van der Waals surface area contributed by atoms with Crippen molar-refractivity contribution in [3.05, 3.63) is 28.8 Å². The highest BCUT2D eigenvalue weighted by molar-refractivity contribution is 6.31. The Balaban J connectivity index is 2.12. The van der Waals surface area contributed by atoms with Crippen molar-refractivity contribution in [2.75, 3.05) is 18.4 Å². The molecule has 0 radical (unpaired) electrons. The van der Waals surface area contributed by atoms with Gasteiger partial charge in [-0.05, 0) is 49.9 Å². The number of nitrogens with two attached hydrogens (primary N) is 1. The Morgan fingerprint density at radius 3 is 2.58 bits per heavy atom. The summed E-state index contributed by atoms with van der Waals surface area (Å²) in [5.41, 5.74) is 6.71. The Morgan fingerprint density at radius 1 is 1.25 bits per heavy atom. The fourth-order valence-corrected chi connectivity index (χ4v) is 3.53. The van der Waals surface area contributed by atoms with Gasteiger partial charge in [0.15, 0.2) is 0 Å². The van der Waals surface area contributed by atoms with Crippen LogP contribution in [-0.4, -0.2) is 24.9 Å². The molecule has 0 atom stereocenters. The van der Waals surface area contributed by atoms with Crippen molar-refractivity contribution < 1.29 is 9.59 Å². The average Bonchev–Trinajstić information content (AvgIpc) is 2.57. The zero-order valence-corrected chi connectivity index (χ0v) is 14.9. The number of carbonyl (C=O) groups excluding carboxylic acids is 2. The molecule has 0 unspecified atom stereocenters. The number of benzene rings is 1. The summed E-state index contributed by atoms with van der Waals surface area (Å²) in [6.07, 6.45) is 5.81. The van der Waals surface area contributed by atoms with Crippen molar-refractivity contribution >= 4 is 29.1 Å². The van der Waals surface area contributed by atoms with E-state index in [4.69, 9.17) is 17.3 Å². The van der Waals surface area contributed by atoms with Gasteiger partial charge in [-0.25, -0.2) is 0 Å². The van der Waals surface area contributed by atoms with Crippen LogP contribution in [0.1, 0.15) is 55.8 Å². The van der Waals surface area contributed by atoms with Crippen LogP contribution in [-0.2, 0) is 4.79 Å². The van der Waals surface area contributed by atoms with E-state index >= 15 is 0 Å². The minimum absolute atomic E-state index is 0.102. The van der Waals surface area contributed by atoms with Gasteiger partial charge in [-0.15, -0.1) is 0 Å². The molecule has 5 nitrogen and oxygen atoms in total. The van der Waals surface area contributed by atoms with E-state index in [0.717, 1.165) is 25.7 Å². The predicted molar refractivity (Wildman–Crippen MR) is 97.3 cm³/mol. The highest BCUT2D eigenvalue weighted by Crippen LogP contribution is 2.38. The maximum absolute atomic E-state index is 12.5. The maximum atomic E-state index is 12.5. The van der Waals surface area contributed by atoms with Crippen molar-refractivity contribution in [2.45, 2.75) is 45.4 Å². The normalized spacial score (nSPS) is 16.5. The van der Waals surface area contributed by atoms with Gasteiger partial charge in [-0.2, -0.15) is 0 Å². The summed E-state index contributed by atoms with van der Waals surface area (Å²) in [7, 11) is 0. The molecule has 0 aliphatic heterocycles. The Morgan fingerprint density at radius 2 is 1.96 bits per heavy atom. The molecule has 1 aromatic rings. The fraction of sp³-hybridized carbons (Fsp3) is 0.556. The molecule has 0 heterocycles. The van der Waals surface area contributed by atoms with E-state index in [1.807, 2.05) is 6.92 Å². The van der Waals surface area contributed by atoms with E-state index in [2.05, 4.69) is 10.6 Å². The number of nitrogens with one attached hydrogen (secondary N) is 2. The van der Waals surface area contributed by atoms with Crippen LogP contribution in [0.2, 0.25) is 5.02 Å². The summed E-state index contributed by atoms with van der Waals surface area (Å²) in [6.45, 7) is 2.87. The van der Waals surface area contributed by atoms with Crippen LogP contribution in [0.5, 0.6) is 0 Å². The number of halogens is 1. The van der Waals surface area contributed by atoms with Crippen LogP contribution < -0.4 is 16.4 Å². The van der Waals surface area contributed by atoms with E-state index in [1.165, 1.54) is 6.42 Å². The predicted octanol–water partition coefficient (Wildman–Crippen LogP) is 3.33. The summed E-state index contributed by atoms with van der Waals surface area (Å²) in [4.78, 5) is 24.7. The lowest BCUT2D eigenvalue weighted by atomic mass is 9.71. The summed E-state index contributed by atoms with van der Waals surface area (Å²) >= 11 is 5.99. The van der Waals surface area contributed by atoms with Crippen molar-refractivity contribution in [2.24, 2.45) is 11.1 Å². The minimum atomic E-state index is -0.249. The summed E-state index contributed by atoms with van der Waals surface area (Å²) < 4.78 is 0. The quantitative estimate of drug-likeness (QED) is 0.735. The third-order valence-corrected chi connectivity index (χ3v) is 4.96. The topological polar surface area (TPSA) is 84.2 Å². The highest BCUT2D eigenvalue weighted by atomic mass is 35.5. The van der Waals surface area contributed by atoms with Gasteiger partial charge in [0.1, 0.15) is 0 Å². The van der Waals surface area contributed by atoms with Crippen LogP contribution >= 0.6 is 11.6 Å². The number of rotatable bonds is 6. The second kappa shape index (κ2) is 8.49. The first-order valence-electron chi connectivity index (χ1n) is 8.57. The lowest BCUT2D eigenvalue weighted by Gasteiger charge is -2.35. The molecule has 2 amide bonds. The van der Waals surface area contributed by atoms with Gasteiger partial charge >= 0.3 is 0 Å². The van der Waals surface area contributed by atoms with Gasteiger partial charge in [-0.1, -0.05) is 30.9 Å². The van der Waals surface area contributed by atoms with Gasteiger partial charge in [0.2, 0.25) is 5.91 Å². The monoisotopic (exact) mass is 351 g/mol. The first-order valence-corrected chi connectivity index (χ1v) is 8.95. The molecule has 1 aromatic carbocycles. The molecule has 6 heteroatoms. The molecule has 1 aliphatic rings. The molecule has 2 rings (SSSR count).